The predicted octanol–water partition coefficient (Wildman–Crippen LogP) is 4.44. The van der Waals surface area contributed by atoms with E-state index in [2.05, 4.69) is 15.5 Å². The zero-order valence-corrected chi connectivity index (χ0v) is 18.8. The van der Waals surface area contributed by atoms with E-state index in [-0.39, 0.29) is 13.2 Å². The highest BCUT2D eigenvalue weighted by Gasteiger charge is 2.16. The van der Waals surface area contributed by atoms with E-state index in [1.807, 2.05) is 48.5 Å². The first-order valence-corrected chi connectivity index (χ1v) is 11.1. The topological polar surface area (TPSA) is 109 Å². The molecule has 2 heterocycles. The van der Waals surface area contributed by atoms with Crippen LogP contribution in [0.5, 0.6) is 11.5 Å². The zero-order valence-electron chi connectivity index (χ0n) is 18.1. The highest BCUT2D eigenvalue weighted by Crippen LogP contribution is 2.40. The molecule has 3 aromatic carbocycles. The average molecular weight is 480 g/mol. The molecule has 1 aromatic heterocycles. The van der Waals surface area contributed by atoms with Crippen LogP contribution >= 0.6 is 11.6 Å². The molecule has 34 heavy (non-hydrogen) atoms. The Morgan fingerprint density at radius 3 is 2.79 bits per heavy atom. The number of halogens is 1. The van der Waals surface area contributed by atoms with Gasteiger partial charge in [-0.1, -0.05) is 35.0 Å². The molecule has 9 heteroatoms. The van der Waals surface area contributed by atoms with Crippen molar-refractivity contribution < 1.29 is 24.2 Å². The van der Waals surface area contributed by atoms with Crippen molar-refractivity contribution in [1.29, 1.82) is 0 Å². The summed E-state index contributed by atoms with van der Waals surface area (Å²) < 4.78 is 16.8. The Morgan fingerprint density at radius 1 is 1.09 bits per heavy atom. The van der Waals surface area contributed by atoms with Crippen molar-refractivity contribution in [1.82, 2.24) is 5.16 Å². The van der Waals surface area contributed by atoms with Gasteiger partial charge in [-0.15, -0.1) is 0 Å². The number of hydrogen-bond acceptors (Lipinski definition) is 8. The fourth-order valence-electron chi connectivity index (χ4n) is 3.65. The second-order valence-electron chi connectivity index (χ2n) is 7.77. The lowest BCUT2D eigenvalue weighted by molar-refractivity contribution is 0.102. The number of aromatic nitrogens is 1. The molecule has 8 nitrogen and oxygen atoms in total. The standard InChI is InChI=1S/C25H22ClN3O5/c26-24-18(16-5-7-22-23(11-16)33-9-8-32-22)2-1-3-20(24)28-25-19-10-15(4-6-21(19)34-29-25)12-27-13-17(31)14-30/h1-7,10-12,17,30-31H,8-9,13-14H2,(H,28,29). The molecular weight excluding hydrogens is 458 g/mol. The van der Waals surface area contributed by atoms with Crippen LogP contribution in [0.4, 0.5) is 11.5 Å². The molecule has 0 saturated carbocycles. The number of nitrogens with one attached hydrogen (secondary N) is 1. The highest BCUT2D eigenvalue weighted by molar-refractivity contribution is 6.36. The lowest BCUT2D eigenvalue weighted by Crippen LogP contribution is -2.15. The van der Waals surface area contributed by atoms with E-state index >= 15 is 0 Å². The molecule has 0 radical (unpaired) electrons. The molecule has 1 aliphatic heterocycles. The van der Waals surface area contributed by atoms with E-state index in [0.29, 0.717) is 41.1 Å². The van der Waals surface area contributed by atoms with Crippen LogP contribution in [-0.2, 0) is 0 Å². The maximum absolute atomic E-state index is 9.45. The van der Waals surface area contributed by atoms with Gasteiger partial charge < -0.3 is 29.5 Å². The first-order valence-electron chi connectivity index (χ1n) is 10.8. The molecule has 0 spiro atoms. The monoisotopic (exact) mass is 479 g/mol. The van der Waals surface area contributed by atoms with Crippen molar-refractivity contribution in [3.8, 4) is 22.6 Å². The normalized spacial score (nSPS) is 14.0. The Labute approximate surface area is 200 Å². The summed E-state index contributed by atoms with van der Waals surface area (Å²) in [7, 11) is 0. The molecular formula is C25H22ClN3O5. The predicted molar refractivity (Wildman–Crippen MR) is 131 cm³/mol. The van der Waals surface area contributed by atoms with Crippen molar-refractivity contribution in [3.05, 3.63) is 65.2 Å². The third-order valence-electron chi connectivity index (χ3n) is 5.37. The second-order valence-corrected chi connectivity index (χ2v) is 8.15. The number of rotatable bonds is 7. The van der Waals surface area contributed by atoms with Gasteiger partial charge in [0, 0.05) is 11.8 Å². The molecule has 3 N–H and O–H groups in total. The van der Waals surface area contributed by atoms with Gasteiger partial charge in [-0.2, -0.15) is 0 Å². The number of ether oxygens (including phenoxy) is 2. The largest absolute Gasteiger partial charge is 0.486 e. The van der Waals surface area contributed by atoms with Crippen molar-refractivity contribution in [2.75, 3.05) is 31.7 Å². The molecule has 1 atom stereocenters. The minimum Gasteiger partial charge on any atom is -0.486 e. The number of fused-ring (bicyclic) bond motifs is 2. The van der Waals surface area contributed by atoms with Crippen molar-refractivity contribution >= 4 is 40.3 Å². The van der Waals surface area contributed by atoms with Crippen LogP contribution in [0, 0.1) is 0 Å². The molecule has 0 amide bonds. The summed E-state index contributed by atoms with van der Waals surface area (Å²) >= 11 is 6.78. The van der Waals surface area contributed by atoms with Gasteiger partial charge in [-0.25, -0.2) is 0 Å². The van der Waals surface area contributed by atoms with Gasteiger partial charge in [0.25, 0.3) is 0 Å². The van der Waals surface area contributed by atoms with Crippen LogP contribution in [0.3, 0.4) is 0 Å². The SMILES string of the molecule is OCC(O)CN=Cc1ccc2onc(Nc3cccc(-c4ccc5c(c4)OCCO5)c3Cl)c2c1. The molecule has 5 rings (SSSR count). The number of aliphatic hydroxyl groups excluding tert-OH is 2. The number of nitrogens with zero attached hydrogens (tertiary/aromatic N) is 2. The van der Waals surface area contributed by atoms with E-state index in [0.717, 1.165) is 27.8 Å². The highest BCUT2D eigenvalue weighted by atomic mass is 35.5. The minimum absolute atomic E-state index is 0.117. The van der Waals surface area contributed by atoms with Crippen LogP contribution in [0.1, 0.15) is 5.56 Å². The smallest absolute Gasteiger partial charge is 0.181 e. The summed E-state index contributed by atoms with van der Waals surface area (Å²) in [6.45, 7) is 0.837. The Hall–Kier alpha value is -3.59. The first kappa shape index (κ1) is 22.2. The summed E-state index contributed by atoms with van der Waals surface area (Å²) in [4.78, 5) is 4.16. The third kappa shape index (κ3) is 4.56. The third-order valence-corrected chi connectivity index (χ3v) is 5.77. The van der Waals surface area contributed by atoms with Gasteiger partial charge in [0.15, 0.2) is 22.9 Å². The number of hydrogen-bond donors (Lipinski definition) is 3. The molecule has 0 fully saturated rings. The average Bonchev–Trinajstić information content (AvgIpc) is 3.27. The molecule has 0 saturated heterocycles. The van der Waals surface area contributed by atoms with Gasteiger partial charge in [-0.05, 0) is 47.5 Å². The molecule has 1 aliphatic rings. The number of aliphatic hydroxyl groups is 2. The van der Waals surface area contributed by atoms with Gasteiger partial charge in [0.2, 0.25) is 0 Å². The summed E-state index contributed by atoms with van der Waals surface area (Å²) in [5.41, 5.74) is 3.83. The Morgan fingerprint density at radius 2 is 1.94 bits per heavy atom. The van der Waals surface area contributed by atoms with Crippen LogP contribution in [-0.4, -0.2) is 54.1 Å². The van der Waals surface area contributed by atoms with Crippen LogP contribution in [0.2, 0.25) is 5.02 Å². The van der Waals surface area contributed by atoms with Gasteiger partial charge >= 0.3 is 0 Å². The summed E-state index contributed by atoms with van der Waals surface area (Å²) in [5, 5.41) is 27.1. The maximum atomic E-state index is 9.45. The van der Waals surface area contributed by atoms with E-state index in [1.165, 1.54) is 0 Å². The van der Waals surface area contributed by atoms with Crippen molar-refractivity contribution in [2.24, 2.45) is 4.99 Å². The fraction of sp³-hybridized carbons (Fsp3) is 0.200. The van der Waals surface area contributed by atoms with E-state index in [1.54, 1.807) is 12.3 Å². The minimum atomic E-state index is -0.878. The van der Waals surface area contributed by atoms with E-state index < -0.39 is 6.10 Å². The second kappa shape index (κ2) is 9.72. The molecule has 0 aliphatic carbocycles. The quantitative estimate of drug-likeness (QED) is 0.336. The van der Waals surface area contributed by atoms with Crippen molar-refractivity contribution in [3.63, 3.8) is 0 Å². The number of anilines is 2. The summed E-state index contributed by atoms with van der Waals surface area (Å²) in [6.07, 6.45) is 0.751. The number of aliphatic imine (C=N–C) groups is 1. The van der Waals surface area contributed by atoms with Crippen LogP contribution in [0.15, 0.2) is 64.1 Å². The Bertz CT molecular complexity index is 1350. The van der Waals surface area contributed by atoms with Crippen LogP contribution in [0.25, 0.3) is 22.1 Å². The lowest BCUT2D eigenvalue weighted by atomic mass is 10.0. The molecule has 0 bridgehead atoms. The maximum Gasteiger partial charge on any atom is 0.181 e. The fourth-order valence-corrected chi connectivity index (χ4v) is 3.94. The Balaban J connectivity index is 1.42. The van der Waals surface area contributed by atoms with Gasteiger partial charge in [0.05, 0.1) is 35.4 Å². The zero-order chi connectivity index (χ0) is 23.5. The van der Waals surface area contributed by atoms with Gasteiger partial charge in [-0.3, -0.25) is 4.99 Å². The Kier molecular flexibility index (Phi) is 6.35. The van der Waals surface area contributed by atoms with Crippen molar-refractivity contribution in [2.45, 2.75) is 6.10 Å². The van der Waals surface area contributed by atoms with E-state index in [4.69, 9.17) is 30.7 Å². The lowest BCUT2D eigenvalue weighted by Gasteiger charge is -2.19. The van der Waals surface area contributed by atoms with E-state index in [9.17, 15) is 5.11 Å². The molecule has 1 unspecified atom stereocenters. The van der Waals surface area contributed by atoms with Gasteiger partial charge in [0.1, 0.15) is 13.2 Å². The summed E-state index contributed by atoms with van der Waals surface area (Å²) in [6, 6.07) is 17.0. The summed E-state index contributed by atoms with van der Waals surface area (Å²) in [5.74, 6) is 1.93. The number of benzene rings is 3. The molecule has 174 valence electrons. The molecule has 4 aromatic rings. The first-order chi connectivity index (χ1) is 16.6. The van der Waals surface area contributed by atoms with Crippen LogP contribution < -0.4 is 14.8 Å².